The van der Waals surface area contributed by atoms with Gasteiger partial charge in [0.25, 0.3) is 5.56 Å². The van der Waals surface area contributed by atoms with Crippen LogP contribution in [0.1, 0.15) is 22.3 Å². The highest BCUT2D eigenvalue weighted by Gasteiger charge is 2.21. The summed E-state index contributed by atoms with van der Waals surface area (Å²) in [6.07, 6.45) is 1.61. The average molecular weight is 352 g/mol. The maximum atomic E-state index is 13.5. The van der Waals surface area contributed by atoms with Crippen LogP contribution >= 0.6 is 0 Å². The summed E-state index contributed by atoms with van der Waals surface area (Å²) in [6, 6.07) is 11.4. The van der Waals surface area contributed by atoms with E-state index in [0.29, 0.717) is 23.3 Å². The monoisotopic (exact) mass is 352 g/mol. The zero-order chi connectivity index (χ0) is 18.3. The lowest BCUT2D eigenvalue weighted by Crippen LogP contribution is -2.29. The fourth-order valence-electron chi connectivity index (χ4n) is 3.46. The smallest absolute Gasteiger partial charge is 0.337 e. The number of esters is 1. The first-order valence-corrected chi connectivity index (χ1v) is 8.38. The van der Waals surface area contributed by atoms with E-state index in [1.165, 1.54) is 19.2 Å². The number of nitrogens with zero attached hydrogens (tertiary/aromatic N) is 1. The van der Waals surface area contributed by atoms with Gasteiger partial charge in [-0.1, -0.05) is 0 Å². The summed E-state index contributed by atoms with van der Waals surface area (Å²) in [6.45, 7) is 0.671. The first-order valence-electron chi connectivity index (χ1n) is 8.38. The quantitative estimate of drug-likeness (QED) is 0.717. The highest BCUT2D eigenvalue weighted by atomic mass is 19.1. The van der Waals surface area contributed by atoms with Gasteiger partial charge >= 0.3 is 5.97 Å². The number of aryl methyl sites for hydroxylation is 1. The highest BCUT2D eigenvalue weighted by molar-refractivity contribution is 5.95. The molecule has 1 N–H and O–H groups in total. The fraction of sp³-hybridized carbons (Fsp3) is 0.200. The third kappa shape index (κ3) is 2.73. The molecule has 132 valence electrons. The number of hydrogen-bond acceptors (Lipinski definition) is 4. The number of anilines is 2. The van der Waals surface area contributed by atoms with E-state index >= 15 is 0 Å². The molecule has 5 nitrogen and oxygen atoms in total. The number of fused-ring (bicyclic) bond motifs is 2. The Morgan fingerprint density at radius 1 is 1.15 bits per heavy atom. The molecule has 0 radical (unpaired) electrons. The number of carbonyl (C=O) groups is 1. The molecule has 1 aromatic heterocycles. The van der Waals surface area contributed by atoms with Crippen molar-refractivity contribution < 1.29 is 13.9 Å². The van der Waals surface area contributed by atoms with Gasteiger partial charge in [0, 0.05) is 23.1 Å². The summed E-state index contributed by atoms with van der Waals surface area (Å²) in [5.41, 5.74) is 3.04. The molecule has 0 unspecified atom stereocenters. The second-order valence-electron chi connectivity index (χ2n) is 6.31. The van der Waals surface area contributed by atoms with Gasteiger partial charge in [-0.05, 0) is 60.9 Å². The second-order valence-corrected chi connectivity index (χ2v) is 6.31. The Kier molecular flexibility index (Phi) is 3.95. The van der Waals surface area contributed by atoms with Crippen LogP contribution in [-0.2, 0) is 11.2 Å². The van der Waals surface area contributed by atoms with Crippen LogP contribution in [0.4, 0.5) is 15.8 Å². The van der Waals surface area contributed by atoms with Gasteiger partial charge in [-0.3, -0.25) is 4.79 Å². The molecule has 0 aliphatic carbocycles. The van der Waals surface area contributed by atoms with Crippen molar-refractivity contribution in [2.45, 2.75) is 12.8 Å². The molecule has 0 atom stereocenters. The Morgan fingerprint density at radius 2 is 2.00 bits per heavy atom. The summed E-state index contributed by atoms with van der Waals surface area (Å²) in [4.78, 5) is 29.2. The van der Waals surface area contributed by atoms with E-state index in [-0.39, 0.29) is 11.4 Å². The molecule has 0 saturated carbocycles. The summed E-state index contributed by atoms with van der Waals surface area (Å²) in [5, 5.41) is 0.733. The van der Waals surface area contributed by atoms with Crippen LogP contribution < -0.4 is 10.5 Å². The minimum Gasteiger partial charge on any atom is -0.465 e. The minimum atomic E-state index is -0.432. The van der Waals surface area contributed by atoms with Gasteiger partial charge in [0.15, 0.2) is 0 Å². The van der Waals surface area contributed by atoms with Gasteiger partial charge in [0.05, 0.1) is 12.7 Å². The number of benzene rings is 2. The van der Waals surface area contributed by atoms with Crippen molar-refractivity contribution in [1.82, 2.24) is 4.98 Å². The lowest BCUT2D eigenvalue weighted by atomic mass is 10.0. The molecule has 6 heteroatoms. The number of H-pyrrole nitrogens is 1. The zero-order valence-corrected chi connectivity index (χ0v) is 14.2. The Balaban J connectivity index is 1.86. The average Bonchev–Trinajstić information content (AvgIpc) is 2.65. The van der Waals surface area contributed by atoms with Crippen molar-refractivity contribution in [3.05, 3.63) is 69.8 Å². The van der Waals surface area contributed by atoms with E-state index in [9.17, 15) is 14.0 Å². The number of ether oxygens (including phenoxy) is 1. The van der Waals surface area contributed by atoms with Crippen molar-refractivity contribution >= 4 is 28.2 Å². The van der Waals surface area contributed by atoms with Crippen molar-refractivity contribution in [2.75, 3.05) is 18.6 Å². The maximum Gasteiger partial charge on any atom is 0.337 e. The Labute approximate surface area is 149 Å². The molecule has 0 bridgehead atoms. The first kappa shape index (κ1) is 16.3. The Bertz CT molecular complexity index is 1070. The number of methoxy groups -OCH3 is 1. The van der Waals surface area contributed by atoms with Gasteiger partial charge < -0.3 is 14.6 Å². The first-order chi connectivity index (χ1) is 12.6. The molecular formula is C20H17FN2O3. The number of hydrogen-bond donors (Lipinski definition) is 1. The summed E-state index contributed by atoms with van der Waals surface area (Å²) in [5.74, 6) is -0.709. The number of aromatic nitrogens is 1. The minimum absolute atomic E-state index is 0.222. The molecule has 0 spiro atoms. The molecule has 1 aliphatic heterocycles. The van der Waals surface area contributed by atoms with Crippen LogP contribution in [0.2, 0.25) is 0 Å². The molecule has 2 heterocycles. The summed E-state index contributed by atoms with van der Waals surface area (Å²) in [7, 11) is 1.33. The highest BCUT2D eigenvalue weighted by Crippen LogP contribution is 2.33. The van der Waals surface area contributed by atoms with Crippen LogP contribution in [-0.4, -0.2) is 24.6 Å². The van der Waals surface area contributed by atoms with Gasteiger partial charge in [-0.15, -0.1) is 0 Å². The van der Waals surface area contributed by atoms with Crippen LogP contribution in [0.15, 0.2) is 47.3 Å². The summed E-state index contributed by atoms with van der Waals surface area (Å²) >= 11 is 0. The predicted molar refractivity (Wildman–Crippen MR) is 97.6 cm³/mol. The number of aromatic amines is 1. The van der Waals surface area contributed by atoms with Crippen LogP contribution in [0, 0.1) is 5.82 Å². The number of halogens is 1. The van der Waals surface area contributed by atoms with E-state index < -0.39 is 5.97 Å². The van der Waals surface area contributed by atoms with E-state index in [4.69, 9.17) is 4.74 Å². The zero-order valence-electron chi connectivity index (χ0n) is 14.2. The normalized spacial score (nSPS) is 13.5. The van der Waals surface area contributed by atoms with Gasteiger partial charge in [0.1, 0.15) is 11.5 Å². The number of carbonyl (C=O) groups excluding carboxylic acids is 1. The molecular weight excluding hydrogens is 335 g/mol. The Morgan fingerprint density at radius 3 is 2.81 bits per heavy atom. The molecule has 0 amide bonds. The second kappa shape index (κ2) is 6.29. The lowest BCUT2D eigenvalue weighted by Gasteiger charge is -2.30. The van der Waals surface area contributed by atoms with Crippen molar-refractivity contribution in [1.29, 1.82) is 0 Å². The van der Waals surface area contributed by atoms with E-state index in [1.807, 2.05) is 4.90 Å². The SMILES string of the molecule is COC(=O)c1ccc2[nH]c(=O)c(N3CCCc4cc(F)ccc43)cc2c1. The van der Waals surface area contributed by atoms with Crippen molar-refractivity contribution in [2.24, 2.45) is 0 Å². The third-order valence-corrected chi connectivity index (χ3v) is 4.70. The molecule has 0 fully saturated rings. The molecule has 0 saturated heterocycles. The number of nitrogens with one attached hydrogen (secondary N) is 1. The largest absolute Gasteiger partial charge is 0.465 e. The Hall–Kier alpha value is -3.15. The van der Waals surface area contributed by atoms with Crippen LogP contribution in [0.3, 0.4) is 0 Å². The lowest BCUT2D eigenvalue weighted by molar-refractivity contribution is 0.0601. The van der Waals surface area contributed by atoms with Crippen molar-refractivity contribution in [3.8, 4) is 0 Å². The molecule has 3 aromatic rings. The van der Waals surface area contributed by atoms with Gasteiger partial charge in [0.2, 0.25) is 0 Å². The van der Waals surface area contributed by atoms with E-state index in [0.717, 1.165) is 29.5 Å². The standard InChI is InChI=1S/C20H17FN2O3/c1-26-20(25)13-4-6-16-14(9-13)11-18(19(24)22-16)23-8-2-3-12-10-15(21)5-7-17(12)23/h4-7,9-11H,2-3,8H2,1H3,(H,22,24). The van der Waals surface area contributed by atoms with Gasteiger partial charge in [-0.25, -0.2) is 9.18 Å². The number of rotatable bonds is 2. The summed E-state index contributed by atoms with van der Waals surface area (Å²) < 4.78 is 18.3. The maximum absolute atomic E-state index is 13.5. The van der Waals surface area contributed by atoms with E-state index in [1.54, 1.807) is 30.3 Å². The van der Waals surface area contributed by atoms with Crippen LogP contribution in [0.5, 0.6) is 0 Å². The van der Waals surface area contributed by atoms with Crippen LogP contribution in [0.25, 0.3) is 10.9 Å². The topological polar surface area (TPSA) is 62.4 Å². The molecule has 26 heavy (non-hydrogen) atoms. The van der Waals surface area contributed by atoms with E-state index in [2.05, 4.69) is 4.98 Å². The van der Waals surface area contributed by atoms with Gasteiger partial charge in [-0.2, -0.15) is 0 Å². The third-order valence-electron chi connectivity index (χ3n) is 4.70. The molecule has 4 rings (SSSR count). The number of pyridine rings is 1. The predicted octanol–water partition coefficient (Wildman–Crippen LogP) is 3.54. The fourth-order valence-corrected chi connectivity index (χ4v) is 3.46. The molecule has 1 aliphatic rings. The van der Waals surface area contributed by atoms with Crippen molar-refractivity contribution in [3.63, 3.8) is 0 Å². The molecule has 2 aromatic carbocycles.